The maximum absolute atomic E-state index is 13.6. The summed E-state index contributed by atoms with van der Waals surface area (Å²) >= 11 is 0. The van der Waals surface area contributed by atoms with Gasteiger partial charge in [-0.25, -0.2) is 26.4 Å². The van der Waals surface area contributed by atoms with Crippen molar-refractivity contribution in [3.05, 3.63) is 58.9 Å². The molecular weight excluding hydrogens is 359 g/mol. The highest BCUT2D eigenvalue weighted by Gasteiger charge is 2.31. The van der Waals surface area contributed by atoms with Gasteiger partial charge in [0.05, 0.1) is 16.1 Å². The number of aromatic carboxylic acids is 1. The molecule has 5 nitrogen and oxygen atoms in total. The summed E-state index contributed by atoms with van der Waals surface area (Å²) in [7, 11) is -4.26. The van der Waals surface area contributed by atoms with Crippen molar-refractivity contribution in [1.29, 1.82) is 0 Å². The second-order valence-corrected chi connectivity index (χ2v) is 7.38. The Kier molecular flexibility index (Phi) is 4.19. The van der Waals surface area contributed by atoms with Crippen LogP contribution in [0.2, 0.25) is 0 Å². The fourth-order valence-electron chi connectivity index (χ4n) is 2.75. The molecule has 0 amide bonds. The van der Waals surface area contributed by atoms with Crippen molar-refractivity contribution in [2.45, 2.75) is 17.7 Å². The number of carboxylic acid groups (broad SMARTS) is 1. The zero-order chi connectivity index (χ0) is 18.4. The Morgan fingerprint density at radius 3 is 2.40 bits per heavy atom. The number of nitrogens with zero attached hydrogens (tertiary/aromatic N) is 1. The van der Waals surface area contributed by atoms with Gasteiger partial charge in [-0.15, -0.1) is 0 Å². The molecule has 0 spiro atoms. The lowest BCUT2D eigenvalue weighted by Crippen LogP contribution is -2.35. The van der Waals surface area contributed by atoms with Gasteiger partial charge >= 0.3 is 5.97 Å². The molecule has 0 fully saturated rings. The highest BCUT2D eigenvalue weighted by atomic mass is 32.2. The number of sulfonamides is 1. The molecule has 1 heterocycles. The zero-order valence-electron chi connectivity index (χ0n) is 12.7. The van der Waals surface area contributed by atoms with Crippen LogP contribution >= 0.6 is 0 Å². The van der Waals surface area contributed by atoms with E-state index in [4.69, 9.17) is 5.11 Å². The van der Waals surface area contributed by atoms with E-state index in [2.05, 4.69) is 0 Å². The Labute approximate surface area is 141 Å². The predicted octanol–water partition coefficient (Wildman–Crippen LogP) is 2.94. The number of rotatable bonds is 3. The third-order valence-corrected chi connectivity index (χ3v) is 5.76. The molecule has 0 atom stereocenters. The van der Waals surface area contributed by atoms with Gasteiger partial charge in [0.25, 0.3) is 10.0 Å². The van der Waals surface area contributed by atoms with Gasteiger partial charge in [0.15, 0.2) is 11.6 Å². The molecule has 1 aliphatic rings. The Bertz CT molecular complexity index is 976. The van der Waals surface area contributed by atoms with E-state index in [1.807, 2.05) is 0 Å². The van der Waals surface area contributed by atoms with E-state index in [1.165, 1.54) is 0 Å². The summed E-state index contributed by atoms with van der Waals surface area (Å²) in [4.78, 5) is 10.6. The quantitative estimate of drug-likeness (QED) is 0.900. The number of aryl methyl sites for hydroxylation is 1. The van der Waals surface area contributed by atoms with Gasteiger partial charge in [-0.05, 0) is 42.7 Å². The molecule has 0 radical (unpaired) electrons. The van der Waals surface area contributed by atoms with Crippen LogP contribution in [-0.2, 0) is 16.4 Å². The lowest BCUT2D eigenvalue weighted by molar-refractivity contribution is 0.0691. The summed E-state index contributed by atoms with van der Waals surface area (Å²) in [5.74, 6) is -4.94. The Balaban J connectivity index is 2.13. The van der Waals surface area contributed by atoms with Crippen LogP contribution < -0.4 is 4.31 Å². The normalized spacial score (nSPS) is 14.3. The average molecular weight is 371 g/mol. The molecule has 2 aromatic rings. The topological polar surface area (TPSA) is 74.7 Å². The van der Waals surface area contributed by atoms with Crippen molar-refractivity contribution >= 4 is 21.7 Å². The lowest BCUT2D eigenvalue weighted by atomic mass is 10.0. The number of hydrogen-bond acceptors (Lipinski definition) is 3. The van der Waals surface area contributed by atoms with Crippen LogP contribution in [0.25, 0.3) is 0 Å². The molecule has 1 N–H and O–H groups in total. The van der Waals surface area contributed by atoms with Gasteiger partial charge in [0, 0.05) is 12.6 Å². The molecule has 0 bridgehead atoms. The third-order valence-electron chi connectivity index (χ3n) is 3.95. The Morgan fingerprint density at radius 2 is 1.72 bits per heavy atom. The van der Waals surface area contributed by atoms with Crippen LogP contribution in [0.4, 0.5) is 18.9 Å². The van der Waals surface area contributed by atoms with Gasteiger partial charge in [-0.1, -0.05) is 0 Å². The van der Waals surface area contributed by atoms with E-state index in [0.717, 1.165) is 28.6 Å². The van der Waals surface area contributed by atoms with Gasteiger partial charge < -0.3 is 5.11 Å². The second-order valence-electron chi connectivity index (χ2n) is 5.52. The first-order valence-corrected chi connectivity index (χ1v) is 8.69. The molecule has 3 rings (SSSR count). The van der Waals surface area contributed by atoms with Gasteiger partial charge in [0.2, 0.25) is 0 Å². The summed E-state index contributed by atoms with van der Waals surface area (Å²) in [6.45, 7) is 0.0141. The van der Waals surface area contributed by atoms with Crippen molar-refractivity contribution < 1.29 is 31.5 Å². The molecule has 0 aromatic heterocycles. The fourth-order valence-corrected chi connectivity index (χ4v) is 4.31. The molecule has 0 saturated heterocycles. The number of hydrogen-bond donors (Lipinski definition) is 1. The van der Waals surface area contributed by atoms with E-state index in [-0.39, 0.29) is 12.2 Å². The molecule has 9 heteroatoms. The summed E-state index contributed by atoms with van der Waals surface area (Å²) in [5.41, 5.74) is -0.468. The van der Waals surface area contributed by atoms with Crippen LogP contribution in [0.1, 0.15) is 22.3 Å². The first kappa shape index (κ1) is 17.3. The number of benzene rings is 2. The van der Waals surface area contributed by atoms with Gasteiger partial charge in [-0.2, -0.15) is 0 Å². The first-order valence-electron chi connectivity index (χ1n) is 7.25. The number of fused-ring (bicyclic) bond motifs is 1. The fraction of sp³-hybridized carbons (Fsp3) is 0.188. The highest BCUT2D eigenvalue weighted by Crippen LogP contribution is 2.33. The monoisotopic (exact) mass is 371 g/mol. The van der Waals surface area contributed by atoms with Crippen molar-refractivity contribution in [2.24, 2.45) is 0 Å². The minimum absolute atomic E-state index is 0.00801. The van der Waals surface area contributed by atoms with Crippen LogP contribution in [0, 0.1) is 17.5 Å². The third kappa shape index (κ3) is 2.95. The molecule has 1 aliphatic heterocycles. The summed E-state index contributed by atoms with van der Waals surface area (Å²) in [6, 6.07) is 4.13. The molecule has 0 unspecified atom stereocenters. The largest absolute Gasteiger partial charge is 0.478 e. The zero-order valence-corrected chi connectivity index (χ0v) is 13.5. The standard InChI is InChI=1S/C16H12F3NO4S/c17-12-4-3-10(7-11(12)16(21)22)25(23,24)20-5-1-2-9-6-13(18)14(19)8-15(9)20/h3-4,6-8H,1-2,5H2,(H,21,22). The molecule has 132 valence electrons. The predicted molar refractivity (Wildman–Crippen MR) is 82.6 cm³/mol. The number of halogens is 3. The van der Waals surface area contributed by atoms with E-state index in [0.29, 0.717) is 24.5 Å². The SMILES string of the molecule is O=C(O)c1cc(S(=O)(=O)N2CCCc3cc(F)c(F)cc32)ccc1F. The van der Waals surface area contributed by atoms with Crippen molar-refractivity contribution in [2.75, 3.05) is 10.8 Å². The maximum Gasteiger partial charge on any atom is 0.338 e. The van der Waals surface area contributed by atoms with E-state index in [1.54, 1.807) is 0 Å². The van der Waals surface area contributed by atoms with E-state index < -0.39 is 43.9 Å². The van der Waals surface area contributed by atoms with Crippen molar-refractivity contribution in [1.82, 2.24) is 0 Å². The first-order chi connectivity index (χ1) is 11.7. The average Bonchev–Trinajstić information content (AvgIpc) is 2.55. The summed E-state index contributed by atoms with van der Waals surface area (Å²) < 4.78 is 67.0. The van der Waals surface area contributed by atoms with Crippen LogP contribution in [-0.4, -0.2) is 26.0 Å². The number of carboxylic acids is 1. The van der Waals surface area contributed by atoms with Crippen molar-refractivity contribution in [3.8, 4) is 0 Å². The Morgan fingerprint density at radius 1 is 1.04 bits per heavy atom. The summed E-state index contributed by atoms with van der Waals surface area (Å²) in [6.07, 6.45) is 0.757. The van der Waals surface area contributed by atoms with Crippen molar-refractivity contribution in [3.63, 3.8) is 0 Å². The van der Waals surface area contributed by atoms with E-state index >= 15 is 0 Å². The highest BCUT2D eigenvalue weighted by molar-refractivity contribution is 7.92. The summed E-state index contributed by atoms with van der Waals surface area (Å²) in [5, 5.41) is 8.95. The van der Waals surface area contributed by atoms with Gasteiger partial charge in [0.1, 0.15) is 5.82 Å². The molecule has 25 heavy (non-hydrogen) atoms. The van der Waals surface area contributed by atoms with Crippen LogP contribution in [0.3, 0.4) is 0 Å². The smallest absolute Gasteiger partial charge is 0.338 e. The number of anilines is 1. The number of carbonyl (C=O) groups is 1. The van der Waals surface area contributed by atoms with E-state index in [9.17, 15) is 26.4 Å². The minimum Gasteiger partial charge on any atom is -0.478 e. The Hall–Kier alpha value is -2.55. The molecule has 0 saturated carbocycles. The lowest BCUT2D eigenvalue weighted by Gasteiger charge is -2.30. The minimum atomic E-state index is -4.26. The van der Waals surface area contributed by atoms with Crippen LogP contribution in [0.15, 0.2) is 35.2 Å². The maximum atomic E-state index is 13.6. The molecule has 2 aromatic carbocycles. The second kappa shape index (κ2) is 6.07. The molecule has 0 aliphatic carbocycles. The molecular formula is C16H12F3NO4S. The van der Waals surface area contributed by atoms with Gasteiger partial charge in [-0.3, -0.25) is 4.31 Å². The van der Waals surface area contributed by atoms with Crippen LogP contribution in [0.5, 0.6) is 0 Å².